The van der Waals surface area contributed by atoms with Crippen LogP contribution in [0.3, 0.4) is 0 Å². The molecule has 1 rings (SSSR count). The van der Waals surface area contributed by atoms with Crippen LogP contribution in [-0.4, -0.2) is 39.8 Å². The number of carbonyl (C=O) groups is 1. The molecular formula is C11H14O5S. The maximum Gasteiger partial charge on any atom is 0.341 e. The Labute approximate surface area is 104 Å². The summed E-state index contributed by atoms with van der Waals surface area (Å²) in [5, 5.41) is 27.5. The summed E-state index contributed by atoms with van der Waals surface area (Å²) in [6, 6.07) is 6.20. The fraction of sp³-hybridized carbons (Fsp3) is 0.364. The molecule has 0 bridgehead atoms. The van der Waals surface area contributed by atoms with Gasteiger partial charge in [-0.1, -0.05) is 12.1 Å². The van der Waals surface area contributed by atoms with Crippen molar-refractivity contribution in [2.45, 2.75) is 12.2 Å². The number of thiol groups is 1. The van der Waals surface area contributed by atoms with Crippen molar-refractivity contribution in [3.05, 3.63) is 29.8 Å². The van der Waals surface area contributed by atoms with Gasteiger partial charge in [0.2, 0.25) is 0 Å². The van der Waals surface area contributed by atoms with Crippen molar-refractivity contribution in [2.24, 2.45) is 0 Å². The van der Waals surface area contributed by atoms with Crippen LogP contribution in [0.2, 0.25) is 0 Å². The van der Waals surface area contributed by atoms with E-state index in [-0.39, 0.29) is 5.75 Å². The third-order valence-electron chi connectivity index (χ3n) is 2.14. The van der Waals surface area contributed by atoms with Gasteiger partial charge in [0.05, 0.1) is 6.10 Å². The number of hydrogen-bond acceptors (Lipinski definition) is 5. The third kappa shape index (κ3) is 4.26. The van der Waals surface area contributed by atoms with Gasteiger partial charge < -0.3 is 20.1 Å². The van der Waals surface area contributed by atoms with Gasteiger partial charge in [0, 0.05) is 5.75 Å². The fourth-order valence-corrected chi connectivity index (χ4v) is 1.43. The molecule has 6 heteroatoms. The summed E-state index contributed by atoms with van der Waals surface area (Å²) >= 11 is 3.88. The molecular weight excluding hydrogens is 244 g/mol. The summed E-state index contributed by atoms with van der Waals surface area (Å²) in [4.78, 5) is 10.3. The van der Waals surface area contributed by atoms with Crippen molar-refractivity contribution in [3.63, 3.8) is 0 Å². The first-order valence-corrected chi connectivity index (χ1v) is 5.59. The first-order valence-electron chi connectivity index (χ1n) is 4.96. The van der Waals surface area contributed by atoms with Crippen LogP contribution in [0.25, 0.3) is 0 Å². The van der Waals surface area contributed by atoms with Crippen LogP contribution in [0.1, 0.15) is 11.7 Å². The Morgan fingerprint density at radius 2 is 1.88 bits per heavy atom. The highest BCUT2D eigenvalue weighted by atomic mass is 32.1. The molecule has 5 nitrogen and oxygen atoms in total. The van der Waals surface area contributed by atoms with Gasteiger partial charge >= 0.3 is 5.97 Å². The lowest BCUT2D eigenvalue weighted by Gasteiger charge is -2.16. The number of aliphatic carboxylic acids is 1. The topological polar surface area (TPSA) is 87.0 Å². The molecule has 0 heterocycles. The predicted molar refractivity (Wildman–Crippen MR) is 64.4 cm³/mol. The second-order valence-corrected chi connectivity index (χ2v) is 3.81. The van der Waals surface area contributed by atoms with E-state index in [2.05, 4.69) is 12.6 Å². The largest absolute Gasteiger partial charge is 0.482 e. The SMILES string of the molecule is O=C(O)COc1ccc(C(O)C(O)CS)cc1. The maximum absolute atomic E-state index is 10.3. The molecule has 17 heavy (non-hydrogen) atoms. The van der Waals surface area contributed by atoms with E-state index in [0.29, 0.717) is 11.3 Å². The first kappa shape index (κ1) is 13.8. The van der Waals surface area contributed by atoms with E-state index >= 15 is 0 Å². The van der Waals surface area contributed by atoms with E-state index in [1.54, 1.807) is 12.1 Å². The number of rotatable bonds is 6. The summed E-state index contributed by atoms with van der Waals surface area (Å²) in [5.74, 6) is -0.512. The van der Waals surface area contributed by atoms with Crippen LogP contribution in [0.15, 0.2) is 24.3 Å². The molecule has 0 radical (unpaired) electrons. The van der Waals surface area contributed by atoms with Crippen molar-refractivity contribution in [1.29, 1.82) is 0 Å². The molecule has 0 saturated heterocycles. The van der Waals surface area contributed by atoms with E-state index in [1.165, 1.54) is 12.1 Å². The van der Waals surface area contributed by atoms with Crippen molar-refractivity contribution < 1.29 is 24.9 Å². The average molecular weight is 258 g/mol. The minimum Gasteiger partial charge on any atom is -0.482 e. The molecule has 0 amide bonds. The molecule has 2 atom stereocenters. The number of aliphatic hydroxyl groups excluding tert-OH is 2. The molecule has 0 aromatic heterocycles. The number of hydrogen-bond donors (Lipinski definition) is 4. The molecule has 3 N–H and O–H groups in total. The van der Waals surface area contributed by atoms with Gasteiger partial charge in [0.25, 0.3) is 0 Å². The van der Waals surface area contributed by atoms with E-state index in [9.17, 15) is 15.0 Å². The predicted octanol–water partition coefficient (Wildman–Crippen LogP) is 0.474. The van der Waals surface area contributed by atoms with Crippen LogP contribution in [-0.2, 0) is 4.79 Å². The highest BCUT2D eigenvalue weighted by molar-refractivity contribution is 7.80. The lowest BCUT2D eigenvalue weighted by molar-refractivity contribution is -0.139. The zero-order chi connectivity index (χ0) is 12.8. The summed E-state index contributed by atoms with van der Waals surface area (Å²) in [6.07, 6.45) is -1.95. The number of carboxylic acids is 1. The minimum absolute atomic E-state index is 0.151. The van der Waals surface area contributed by atoms with Gasteiger partial charge in [-0.15, -0.1) is 0 Å². The second-order valence-electron chi connectivity index (χ2n) is 3.45. The quantitative estimate of drug-likeness (QED) is 0.557. The van der Waals surface area contributed by atoms with Gasteiger partial charge in [-0.2, -0.15) is 12.6 Å². The minimum atomic E-state index is -1.06. The van der Waals surface area contributed by atoms with E-state index in [0.717, 1.165) is 0 Å². The number of carboxylic acid groups (broad SMARTS) is 1. The van der Waals surface area contributed by atoms with E-state index in [4.69, 9.17) is 9.84 Å². The van der Waals surface area contributed by atoms with Gasteiger partial charge in [0.1, 0.15) is 11.9 Å². The average Bonchev–Trinajstić information content (AvgIpc) is 2.35. The van der Waals surface area contributed by atoms with Crippen LogP contribution in [0, 0.1) is 0 Å². The molecule has 0 aliphatic heterocycles. The van der Waals surface area contributed by atoms with E-state index in [1.807, 2.05) is 0 Å². The highest BCUT2D eigenvalue weighted by Crippen LogP contribution is 2.20. The normalized spacial score (nSPS) is 14.1. The Bertz CT molecular complexity index is 365. The van der Waals surface area contributed by atoms with Gasteiger partial charge in [0.15, 0.2) is 6.61 Å². The maximum atomic E-state index is 10.3. The second kappa shape index (κ2) is 6.48. The van der Waals surface area contributed by atoms with Crippen LogP contribution in [0.4, 0.5) is 0 Å². The van der Waals surface area contributed by atoms with Crippen molar-refractivity contribution in [2.75, 3.05) is 12.4 Å². The van der Waals surface area contributed by atoms with Crippen LogP contribution < -0.4 is 4.74 Å². The molecule has 1 aromatic carbocycles. The lowest BCUT2D eigenvalue weighted by Crippen LogP contribution is -2.19. The van der Waals surface area contributed by atoms with Crippen LogP contribution in [0.5, 0.6) is 5.75 Å². The monoisotopic (exact) mass is 258 g/mol. The molecule has 94 valence electrons. The van der Waals surface area contributed by atoms with Gasteiger partial charge in [-0.25, -0.2) is 4.79 Å². The zero-order valence-corrected chi connectivity index (χ0v) is 9.88. The van der Waals surface area contributed by atoms with Crippen molar-refractivity contribution in [3.8, 4) is 5.75 Å². The molecule has 2 unspecified atom stereocenters. The Kier molecular flexibility index (Phi) is 5.27. The summed E-state index contributed by atoms with van der Waals surface area (Å²) in [6.45, 7) is -0.416. The van der Waals surface area contributed by atoms with Gasteiger partial charge in [-0.3, -0.25) is 0 Å². The molecule has 0 saturated carbocycles. The van der Waals surface area contributed by atoms with E-state index < -0.39 is 24.8 Å². The molecule has 0 aliphatic carbocycles. The Morgan fingerprint density at radius 1 is 1.29 bits per heavy atom. The Morgan fingerprint density at radius 3 is 2.35 bits per heavy atom. The Balaban J connectivity index is 2.64. The molecule has 0 fully saturated rings. The smallest absolute Gasteiger partial charge is 0.341 e. The number of ether oxygens (including phenoxy) is 1. The van der Waals surface area contributed by atoms with Crippen molar-refractivity contribution >= 4 is 18.6 Å². The molecule has 1 aromatic rings. The molecule has 0 aliphatic rings. The molecule has 0 spiro atoms. The third-order valence-corrected chi connectivity index (χ3v) is 2.51. The number of aliphatic hydroxyl groups is 2. The summed E-state index contributed by atoms with van der Waals surface area (Å²) < 4.78 is 4.93. The lowest BCUT2D eigenvalue weighted by atomic mass is 10.1. The zero-order valence-electron chi connectivity index (χ0n) is 8.98. The Hall–Kier alpha value is -1.24. The summed E-state index contributed by atoms with van der Waals surface area (Å²) in [7, 11) is 0. The fourth-order valence-electron chi connectivity index (χ4n) is 1.23. The van der Waals surface area contributed by atoms with Gasteiger partial charge in [-0.05, 0) is 17.7 Å². The highest BCUT2D eigenvalue weighted by Gasteiger charge is 2.16. The number of benzene rings is 1. The standard InChI is InChI=1S/C11H14O5S/c12-9(6-17)11(15)7-1-3-8(4-2-7)16-5-10(13)14/h1-4,9,11-12,15,17H,5-6H2,(H,13,14). The van der Waals surface area contributed by atoms with Crippen molar-refractivity contribution in [1.82, 2.24) is 0 Å². The summed E-state index contributed by atoms with van der Waals surface area (Å²) in [5.41, 5.74) is 0.522. The van der Waals surface area contributed by atoms with Crippen LogP contribution >= 0.6 is 12.6 Å². The first-order chi connectivity index (χ1) is 8.04.